The number of rotatable bonds is 2. The van der Waals surface area contributed by atoms with Gasteiger partial charge in [0.05, 0.1) is 10.6 Å². The average Bonchev–Trinajstić information content (AvgIpc) is 2.31. The number of carbonyl (C=O) groups excluding carboxylic acids is 1. The molecular formula is C13H9ClNO. The highest BCUT2D eigenvalue weighted by atomic mass is 35.5. The zero-order valence-corrected chi connectivity index (χ0v) is 9.16. The average molecular weight is 231 g/mol. The Labute approximate surface area is 98.9 Å². The molecular weight excluding hydrogens is 222 g/mol. The van der Waals surface area contributed by atoms with Crippen LogP contribution in [-0.4, -0.2) is 5.91 Å². The second kappa shape index (κ2) is 4.81. The SMILES string of the molecule is O=C(Nc1c[c]ccc1)c1ccccc1Cl. The van der Waals surface area contributed by atoms with E-state index in [1.165, 1.54) is 0 Å². The van der Waals surface area contributed by atoms with Crippen molar-refractivity contribution in [3.63, 3.8) is 0 Å². The predicted octanol–water partition coefficient (Wildman–Crippen LogP) is 3.39. The number of anilines is 1. The quantitative estimate of drug-likeness (QED) is 0.842. The summed E-state index contributed by atoms with van der Waals surface area (Å²) in [6.07, 6.45) is 0. The maximum absolute atomic E-state index is 11.8. The molecule has 0 unspecified atom stereocenters. The number of benzene rings is 2. The molecule has 0 spiro atoms. The monoisotopic (exact) mass is 230 g/mol. The van der Waals surface area contributed by atoms with Crippen molar-refractivity contribution in [2.24, 2.45) is 0 Å². The van der Waals surface area contributed by atoms with Crippen molar-refractivity contribution in [3.8, 4) is 0 Å². The maximum Gasteiger partial charge on any atom is 0.257 e. The molecule has 0 aliphatic rings. The molecule has 1 radical (unpaired) electrons. The summed E-state index contributed by atoms with van der Waals surface area (Å²) in [5.41, 5.74) is 1.17. The minimum Gasteiger partial charge on any atom is -0.322 e. The smallest absolute Gasteiger partial charge is 0.257 e. The Bertz CT molecular complexity index is 496. The van der Waals surface area contributed by atoms with Gasteiger partial charge in [-0.25, -0.2) is 0 Å². The van der Waals surface area contributed by atoms with E-state index in [0.29, 0.717) is 16.3 Å². The standard InChI is InChI=1S/C13H9ClNO/c14-12-9-5-4-8-11(12)13(16)15-10-6-2-1-3-7-10/h1-2,4-9H,(H,15,16). The van der Waals surface area contributed by atoms with Gasteiger partial charge in [0, 0.05) is 5.69 Å². The number of amides is 1. The minimum absolute atomic E-state index is 0.217. The third kappa shape index (κ3) is 2.41. The molecule has 0 saturated carbocycles. The van der Waals surface area contributed by atoms with Gasteiger partial charge >= 0.3 is 0 Å². The van der Waals surface area contributed by atoms with E-state index in [1.807, 2.05) is 6.07 Å². The first-order valence-electron chi connectivity index (χ1n) is 4.79. The predicted molar refractivity (Wildman–Crippen MR) is 64.7 cm³/mol. The fourth-order valence-corrected chi connectivity index (χ4v) is 1.54. The van der Waals surface area contributed by atoms with Crippen molar-refractivity contribution in [3.05, 3.63) is 65.2 Å². The lowest BCUT2D eigenvalue weighted by molar-refractivity contribution is 0.102. The van der Waals surface area contributed by atoms with Gasteiger partial charge in [0.25, 0.3) is 5.91 Å². The van der Waals surface area contributed by atoms with Crippen molar-refractivity contribution in [1.29, 1.82) is 0 Å². The topological polar surface area (TPSA) is 29.1 Å². The summed E-state index contributed by atoms with van der Waals surface area (Å²) in [5, 5.41) is 3.19. The molecule has 0 heterocycles. The second-order valence-corrected chi connectivity index (χ2v) is 3.63. The largest absolute Gasteiger partial charge is 0.322 e. The lowest BCUT2D eigenvalue weighted by atomic mass is 10.2. The molecule has 2 nitrogen and oxygen atoms in total. The Balaban J connectivity index is 2.19. The van der Waals surface area contributed by atoms with Crippen molar-refractivity contribution in [2.45, 2.75) is 0 Å². The van der Waals surface area contributed by atoms with Crippen LogP contribution in [0.4, 0.5) is 5.69 Å². The highest BCUT2D eigenvalue weighted by Crippen LogP contribution is 2.16. The Morgan fingerprint density at radius 3 is 2.69 bits per heavy atom. The van der Waals surface area contributed by atoms with Gasteiger partial charge < -0.3 is 5.32 Å². The lowest BCUT2D eigenvalue weighted by Gasteiger charge is -2.05. The molecule has 0 aromatic heterocycles. The fourth-order valence-electron chi connectivity index (χ4n) is 1.31. The fraction of sp³-hybridized carbons (Fsp3) is 0. The van der Waals surface area contributed by atoms with Crippen LogP contribution in [0, 0.1) is 6.07 Å². The van der Waals surface area contributed by atoms with Crippen LogP contribution in [0.3, 0.4) is 0 Å². The summed E-state index contributed by atoms with van der Waals surface area (Å²) in [7, 11) is 0. The van der Waals surface area contributed by atoms with E-state index in [2.05, 4.69) is 11.4 Å². The van der Waals surface area contributed by atoms with Crippen LogP contribution in [0.25, 0.3) is 0 Å². The van der Waals surface area contributed by atoms with Gasteiger partial charge in [0.15, 0.2) is 0 Å². The summed E-state index contributed by atoms with van der Waals surface area (Å²) >= 11 is 5.92. The van der Waals surface area contributed by atoms with Crippen LogP contribution < -0.4 is 5.32 Å². The summed E-state index contributed by atoms with van der Waals surface area (Å²) in [6, 6.07) is 16.9. The van der Waals surface area contributed by atoms with Crippen LogP contribution in [0.15, 0.2) is 48.5 Å². The van der Waals surface area contributed by atoms with E-state index in [1.54, 1.807) is 42.5 Å². The Morgan fingerprint density at radius 2 is 2.00 bits per heavy atom. The first-order chi connectivity index (χ1) is 7.77. The Morgan fingerprint density at radius 1 is 1.19 bits per heavy atom. The van der Waals surface area contributed by atoms with E-state index in [-0.39, 0.29) is 5.91 Å². The van der Waals surface area contributed by atoms with E-state index in [0.717, 1.165) is 0 Å². The summed E-state index contributed by atoms with van der Waals surface area (Å²) < 4.78 is 0. The first kappa shape index (κ1) is 10.7. The van der Waals surface area contributed by atoms with Gasteiger partial charge in [-0.1, -0.05) is 35.9 Å². The van der Waals surface area contributed by atoms with Crippen molar-refractivity contribution in [1.82, 2.24) is 0 Å². The van der Waals surface area contributed by atoms with Crippen molar-refractivity contribution >= 4 is 23.2 Å². The molecule has 79 valence electrons. The summed E-state index contributed by atoms with van der Waals surface area (Å²) in [4.78, 5) is 11.8. The molecule has 0 atom stereocenters. The molecule has 0 fully saturated rings. The summed E-state index contributed by atoms with van der Waals surface area (Å²) in [5.74, 6) is -0.217. The van der Waals surface area contributed by atoms with Gasteiger partial charge in [-0.2, -0.15) is 0 Å². The highest BCUT2D eigenvalue weighted by molar-refractivity contribution is 6.34. The van der Waals surface area contributed by atoms with E-state index >= 15 is 0 Å². The van der Waals surface area contributed by atoms with E-state index in [4.69, 9.17) is 11.6 Å². The minimum atomic E-state index is -0.217. The number of halogens is 1. The van der Waals surface area contributed by atoms with E-state index in [9.17, 15) is 4.79 Å². The van der Waals surface area contributed by atoms with Crippen LogP contribution in [0.2, 0.25) is 5.02 Å². The number of carbonyl (C=O) groups is 1. The molecule has 3 heteroatoms. The molecule has 2 aromatic rings. The van der Waals surface area contributed by atoms with Gasteiger partial charge in [-0.05, 0) is 30.3 Å². The third-order valence-corrected chi connectivity index (χ3v) is 2.41. The molecule has 0 aliphatic carbocycles. The van der Waals surface area contributed by atoms with Gasteiger partial charge in [0.2, 0.25) is 0 Å². The number of nitrogens with one attached hydrogen (secondary N) is 1. The Kier molecular flexibility index (Phi) is 3.22. The molecule has 0 aliphatic heterocycles. The number of hydrogen-bond acceptors (Lipinski definition) is 1. The van der Waals surface area contributed by atoms with Crippen LogP contribution in [0.1, 0.15) is 10.4 Å². The molecule has 1 N–H and O–H groups in total. The molecule has 16 heavy (non-hydrogen) atoms. The van der Waals surface area contributed by atoms with Crippen molar-refractivity contribution < 1.29 is 4.79 Å². The van der Waals surface area contributed by atoms with E-state index < -0.39 is 0 Å². The molecule has 0 bridgehead atoms. The lowest BCUT2D eigenvalue weighted by Crippen LogP contribution is -2.12. The van der Waals surface area contributed by atoms with Crippen LogP contribution in [-0.2, 0) is 0 Å². The van der Waals surface area contributed by atoms with Gasteiger partial charge in [0.1, 0.15) is 0 Å². The number of hydrogen-bond donors (Lipinski definition) is 1. The zero-order valence-electron chi connectivity index (χ0n) is 8.41. The second-order valence-electron chi connectivity index (χ2n) is 3.23. The first-order valence-corrected chi connectivity index (χ1v) is 5.17. The zero-order chi connectivity index (χ0) is 11.4. The molecule has 1 amide bonds. The van der Waals surface area contributed by atoms with Crippen molar-refractivity contribution in [2.75, 3.05) is 5.32 Å². The molecule has 2 rings (SSSR count). The molecule has 0 saturated heterocycles. The highest BCUT2D eigenvalue weighted by Gasteiger charge is 2.08. The van der Waals surface area contributed by atoms with Crippen LogP contribution in [0.5, 0.6) is 0 Å². The third-order valence-electron chi connectivity index (χ3n) is 2.08. The van der Waals surface area contributed by atoms with Gasteiger partial charge in [-0.3, -0.25) is 4.79 Å². The Hall–Kier alpha value is -1.80. The van der Waals surface area contributed by atoms with Gasteiger partial charge in [-0.15, -0.1) is 0 Å². The molecule has 2 aromatic carbocycles. The summed E-state index contributed by atoms with van der Waals surface area (Å²) in [6.45, 7) is 0. The normalized spacial score (nSPS) is 9.81. The maximum atomic E-state index is 11.8. The van der Waals surface area contributed by atoms with Crippen LogP contribution >= 0.6 is 11.6 Å².